The molecule has 6 rings (SSSR count). The molecule has 0 radical (unpaired) electrons. The van der Waals surface area contributed by atoms with E-state index in [4.69, 9.17) is 35.5 Å². The van der Waals surface area contributed by atoms with Crippen molar-refractivity contribution in [1.82, 2.24) is 0 Å². The van der Waals surface area contributed by atoms with Crippen LogP contribution in [-0.4, -0.2) is 0 Å². The maximum atomic E-state index is 9.87. The predicted molar refractivity (Wildman–Crippen MR) is 199 cm³/mol. The van der Waals surface area contributed by atoms with Crippen molar-refractivity contribution in [3.05, 3.63) is 202 Å². The molecule has 0 unspecified atom stereocenters. The summed E-state index contributed by atoms with van der Waals surface area (Å²) in [6.45, 7) is 14.2. The van der Waals surface area contributed by atoms with Crippen LogP contribution in [0.3, 0.4) is 0 Å². The number of hydrogen-bond donors (Lipinski definition) is 0. The van der Waals surface area contributed by atoms with Gasteiger partial charge in [-0.3, -0.25) is 0 Å². The molecule has 6 aromatic carbocycles. The van der Waals surface area contributed by atoms with E-state index in [0.717, 1.165) is 0 Å². The normalized spacial score (nSPS) is 11.0. The van der Waals surface area contributed by atoms with Gasteiger partial charge in [-0.25, -0.2) is 0 Å². The molecule has 0 spiro atoms. The van der Waals surface area contributed by atoms with Crippen LogP contribution >= 0.6 is 23.7 Å². The number of hydrogen-bond acceptors (Lipinski definition) is 3. The fraction of sp³-hybridized carbons (Fsp3) is 0. The van der Waals surface area contributed by atoms with Gasteiger partial charge < -0.3 is 35.5 Å². The van der Waals surface area contributed by atoms with E-state index in [1.54, 1.807) is 0 Å². The SMILES string of the molecule is F[P-](F)(F)(F)(F)F.[C-]#N.[C-]#N.[C-]#N.[Co+3].c1ccc(P(c2ccccc2)c2ccccc2)cc1.c1ccc(P(c2ccccc2)c2ccccc2)cc1. The van der Waals surface area contributed by atoms with Crippen LogP contribution < -0.4 is 31.8 Å². The Morgan fingerprint density at radius 3 is 0.481 bits per heavy atom. The Labute approximate surface area is 313 Å². The molecule has 0 saturated carbocycles. The molecule has 3 nitrogen and oxygen atoms in total. The van der Waals surface area contributed by atoms with Gasteiger partial charge in [0.2, 0.25) is 0 Å². The summed E-state index contributed by atoms with van der Waals surface area (Å²) in [6, 6.07) is 64.7. The number of nitrogens with zero attached hydrogens (tertiary/aromatic N) is 3. The van der Waals surface area contributed by atoms with Crippen LogP contribution in [-0.2, 0) is 16.8 Å². The van der Waals surface area contributed by atoms with Crippen LogP contribution in [0, 0.1) is 35.5 Å². The molecular weight excluding hydrogens is 776 g/mol. The molecule has 268 valence electrons. The van der Waals surface area contributed by atoms with Crippen LogP contribution in [0.15, 0.2) is 182 Å². The molecule has 0 atom stereocenters. The van der Waals surface area contributed by atoms with E-state index >= 15 is 0 Å². The Morgan fingerprint density at radius 1 is 0.288 bits per heavy atom. The average molecular weight is 807 g/mol. The Morgan fingerprint density at radius 2 is 0.385 bits per heavy atom. The second-order valence-electron chi connectivity index (χ2n) is 9.64. The van der Waals surface area contributed by atoms with Crippen molar-refractivity contribution >= 4 is 55.5 Å². The average Bonchev–Trinajstić information content (AvgIpc) is 3.16. The molecule has 0 N–H and O–H groups in total. The summed E-state index contributed by atoms with van der Waals surface area (Å²) in [5.41, 5.74) is 0. The molecule has 0 fully saturated rings. The summed E-state index contributed by atoms with van der Waals surface area (Å²) in [6.07, 6.45) is 0. The van der Waals surface area contributed by atoms with Gasteiger partial charge in [-0.05, 0) is 47.7 Å². The van der Waals surface area contributed by atoms with E-state index in [9.17, 15) is 25.2 Å². The molecule has 13 heteroatoms. The van der Waals surface area contributed by atoms with Gasteiger partial charge in [-0.1, -0.05) is 182 Å². The monoisotopic (exact) mass is 806 g/mol. The number of halogens is 6. The van der Waals surface area contributed by atoms with Crippen molar-refractivity contribution in [1.29, 1.82) is 15.8 Å². The number of rotatable bonds is 6. The summed E-state index contributed by atoms with van der Waals surface area (Å²) in [5.74, 6) is 0. The van der Waals surface area contributed by atoms with Crippen molar-refractivity contribution in [2.45, 2.75) is 0 Å². The minimum absolute atomic E-state index is 0. The summed E-state index contributed by atoms with van der Waals surface area (Å²) in [7, 11) is -11.5. The van der Waals surface area contributed by atoms with E-state index in [-0.39, 0.29) is 16.8 Å². The third-order valence-electron chi connectivity index (χ3n) is 6.09. The van der Waals surface area contributed by atoms with Gasteiger partial charge >= 0.3 is 49.8 Å². The molecule has 6 aromatic rings. The zero-order valence-corrected chi connectivity index (χ0v) is 30.8. The fourth-order valence-electron chi connectivity index (χ4n) is 4.36. The van der Waals surface area contributed by atoms with Crippen molar-refractivity contribution in [2.75, 3.05) is 0 Å². The van der Waals surface area contributed by atoms with E-state index in [2.05, 4.69) is 182 Å². The third kappa shape index (κ3) is 19.5. The molecule has 0 aromatic heterocycles. The van der Waals surface area contributed by atoms with Gasteiger partial charge in [0.25, 0.3) is 0 Å². The Bertz CT molecular complexity index is 1540. The summed E-state index contributed by atoms with van der Waals surface area (Å²) in [4.78, 5) is 0. The maximum Gasteiger partial charge on any atom is 3.00 e. The molecule has 0 bridgehead atoms. The van der Waals surface area contributed by atoms with E-state index in [1.807, 2.05) is 0 Å². The number of benzene rings is 6. The Hall–Kier alpha value is -4.83. The quantitative estimate of drug-likeness (QED) is 0.0956. The fourth-order valence-corrected chi connectivity index (χ4v) is 8.97. The molecule has 0 heterocycles. The molecule has 0 amide bonds. The van der Waals surface area contributed by atoms with Crippen LogP contribution in [0.1, 0.15) is 0 Å². The van der Waals surface area contributed by atoms with Gasteiger partial charge in [0.1, 0.15) is 0 Å². The maximum absolute atomic E-state index is 10.7. The molecule has 0 aliphatic heterocycles. The third-order valence-corrected chi connectivity index (χ3v) is 11.0. The molecule has 0 saturated heterocycles. The molecule has 0 aliphatic rings. The van der Waals surface area contributed by atoms with Crippen LogP contribution in [0.4, 0.5) is 25.2 Å². The first-order valence-electron chi connectivity index (χ1n) is 14.5. The van der Waals surface area contributed by atoms with Crippen molar-refractivity contribution < 1.29 is 42.0 Å². The topological polar surface area (TPSA) is 71.4 Å². The van der Waals surface area contributed by atoms with Crippen LogP contribution in [0.2, 0.25) is 0 Å². The first-order valence-corrected chi connectivity index (χ1v) is 19.2. The summed E-state index contributed by atoms with van der Waals surface area (Å²) < 4.78 is 59.2. The molecular formula is C39H30CoF6N3P3-. The first kappa shape index (κ1) is 47.2. The van der Waals surface area contributed by atoms with E-state index < -0.39 is 23.7 Å². The zero-order valence-electron chi connectivity index (χ0n) is 27.1. The Kier molecular flexibility index (Phi) is 20.7. The minimum atomic E-state index is -10.7. The van der Waals surface area contributed by atoms with Gasteiger partial charge in [0.05, 0.1) is 0 Å². The van der Waals surface area contributed by atoms with Crippen molar-refractivity contribution in [2.24, 2.45) is 0 Å². The largest absolute Gasteiger partial charge is 3.00 e. The van der Waals surface area contributed by atoms with Crippen molar-refractivity contribution in [3.63, 3.8) is 0 Å². The van der Waals surface area contributed by atoms with E-state index in [0.29, 0.717) is 0 Å². The second kappa shape index (κ2) is 22.9. The predicted octanol–water partition coefficient (Wildman–Crippen LogP) is 10.6. The van der Waals surface area contributed by atoms with Gasteiger partial charge in [0, 0.05) is 0 Å². The molecule has 0 aliphatic carbocycles. The first-order chi connectivity index (χ1) is 24.3. The van der Waals surface area contributed by atoms with Crippen molar-refractivity contribution in [3.8, 4) is 0 Å². The zero-order chi connectivity index (χ0) is 38.2. The van der Waals surface area contributed by atoms with E-state index in [1.165, 1.54) is 31.8 Å². The van der Waals surface area contributed by atoms with Gasteiger partial charge in [-0.15, -0.1) is 0 Å². The van der Waals surface area contributed by atoms with Crippen LogP contribution in [0.5, 0.6) is 0 Å². The smallest absolute Gasteiger partial charge is 0.512 e. The standard InChI is InChI=1S/2C18H15P.3CN.Co.F6P/c2*1-4-10-16(11-5-1)19(17-12-6-2-7-13-17)18-14-8-3-9-15-18;3*1-2;;1-7(2,3,4,5)6/h2*1-15H;;;;;/q;;3*-1;+3;-1. The second-order valence-corrected chi connectivity index (χ2v) is 16.0. The van der Waals surface area contributed by atoms with Gasteiger partial charge in [-0.2, -0.15) is 0 Å². The van der Waals surface area contributed by atoms with Crippen LogP contribution in [0.25, 0.3) is 0 Å². The Balaban J connectivity index is 0.000000748. The van der Waals surface area contributed by atoms with Gasteiger partial charge in [0.15, 0.2) is 0 Å². The minimum Gasteiger partial charge on any atom is -0.512 e. The summed E-state index contributed by atoms with van der Waals surface area (Å²) >= 11 is 0. The molecule has 52 heavy (non-hydrogen) atoms. The summed E-state index contributed by atoms with van der Waals surface area (Å²) in [5, 5.41) is 27.1.